The molecule has 0 aliphatic rings. The van der Waals surface area contributed by atoms with Gasteiger partial charge in [-0.2, -0.15) is 8.78 Å². The van der Waals surface area contributed by atoms with Crippen LogP contribution in [0.3, 0.4) is 0 Å². The molecule has 0 unspecified atom stereocenters. The third-order valence-electron chi connectivity index (χ3n) is 1.89. The Balaban J connectivity index is 2.38. The molecule has 0 saturated heterocycles. The van der Waals surface area contributed by atoms with Crippen LogP contribution in [0.1, 0.15) is 0 Å². The van der Waals surface area contributed by atoms with Gasteiger partial charge in [-0.1, -0.05) is 30.0 Å². The molecule has 0 bridgehead atoms. The highest BCUT2D eigenvalue weighted by Crippen LogP contribution is 2.34. The van der Waals surface area contributed by atoms with E-state index in [0.29, 0.717) is 28.0 Å². The minimum atomic E-state index is -2.42. The summed E-state index contributed by atoms with van der Waals surface area (Å²) < 4.78 is 29.7. The summed E-state index contributed by atoms with van der Waals surface area (Å²) >= 11 is 0.530. The lowest BCUT2D eigenvalue weighted by molar-refractivity contribution is 0.252. The molecular weight excluding hydrogens is 218 g/mol. The van der Waals surface area contributed by atoms with Crippen molar-refractivity contribution in [1.82, 2.24) is 0 Å². The zero-order chi connectivity index (χ0) is 10.7. The number of benzene rings is 1. The molecule has 0 aliphatic carbocycles. The summed E-state index contributed by atoms with van der Waals surface area (Å²) in [6, 6.07) is 10.5. The number of rotatable bonds is 3. The predicted molar refractivity (Wildman–Crippen MR) is 56.0 cm³/mol. The van der Waals surface area contributed by atoms with E-state index in [9.17, 15) is 8.78 Å². The van der Waals surface area contributed by atoms with E-state index in [2.05, 4.69) is 0 Å². The van der Waals surface area contributed by atoms with E-state index in [1.54, 1.807) is 36.4 Å². The minimum absolute atomic E-state index is 0.530. The van der Waals surface area contributed by atoms with Gasteiger partial charge in [0.05, 0.1) is 6.26 Å². The second-order valence-corrected chi connectivity index (χ2v) is 3.88. The van der Waals surface area contributed by atoms with Crippen LogP contribution in [-0.4, -0.2) is 5.76 Å². The van der Waals surface area contributed by atoms with Crippen LogP contribution >= 0.6 is 11.8 Å². The van der Waals surface area contributed by atoms with Crippen molar-refractivity contribution in [2.45, 2.75) is 10.7 Å². The van der Waals surface area contributed by atoms with E-state index in [1.165, 1.54) is 6.26 Å². The Kier molecular flexibility index (Phi) is 3.06. The molecule has 78 valence electrons. The molecule has 1 nitrogen and oxygen atoms in total. The summed E-state index contributed by atoms with van der Waals surface area (Å²) in [6.07, 6.45) is 1.53. The summed E-state index contributed by atoms with van der Waals surface area (Å²) in [7, 11) is 0. The van der Waals surface area contributed by atoms with Crippen LogP contribution in [0.2, 0.25) is 0 Å². The third-order valence-corrected chi connectivity index (χ3v) is 2.68. The first-order chi connectivity index (χ1) is 7.27. The Labute approximate surface area is 90.1 Å². The van der Waals surface area contributed by atoms with Crippen LogP contribution in [0.25, 0.3) is 11.3 Å². The normalized spacial score (nSPS) is 10.9. The summed E-state index contributed by atoms with van der Waals surface area (Å²) in [5, 5.41) is 0. The second-order valence-electron chi connectivity index (χ2n) is 2.85. The second kappa shape index (κ2) is 4.49. The number of halogens is 2. The molecule has 15 heavy (non-hydrogen) atoms. The van der Waals surface area contributed by atoms with Crippen molar-refractivity contribution in [1.29, 1.82) is 0 Å². The quantitative estimate of drug-likeness (QED) is 0.725. The minimum Gasteiger partial charge on any atom is -0.464 e. The van der Waals surface area contributed by atoms with Crippen LogP contribution in [-0.2, 0) is 0 Å². The average molecular weight is 226 g/mol. The first-order valence-electron chi connectivity index (χ1n) is 4.35. The molecule has 0 amide bonds. The van der Waals surface area contributed by atoms with Crippen LogP contribution in [0.5, 0.6) is 0 Å². The van der Waals surface area contributed by atoms with Crippen molar-refractivity contribution in [3.8, 4) is 11.3 Å². The molecule has 0 radical (unpaired) electrons. The molecule has 2 aromatic rings. The van der Waals surface area contributed by atoms with Crippen molar-refractivity contribution in [2.24, 2.45) is 0 Å². The molecule has 1 heterocycles. The van der Waals surface area contributed by atoms with Crippen molar-refractivity contribution in [3.63, 3.8) is 0 Å². The van der Waals surface area contributed by atoms with E-state index < -0.39 is 5.76 Å². The van der Waals surface area contributed by atoms with Crippen molar-refractivity contribution in [3.05, 3.63) is 42.7 Å². The van der Waals surface area contributed by atoms with Gasteiger partial charge in [0.2, 0.25) is 0 Å². The van der Waals surface area contributed by atoms with Gasteiger partial charge in [-0.05, 0) is 18.2 Å². The Bertz CT molecular complexity index is 426. The number of thioether (sulfide) groups is 1. The summed E-state index contributed by atoms with van der Waals surface area (Å²) in [5.74, 6) is -1.81. The van der Waals surface area contributed by atoms with Crippen molar-refractivity contribution in [2.75, 3.05) is 0 Å². The van der Waals surface area contributed by atoms with Crippen molar-refractivity contribution < 1.29 is 13.2 Å². The molecular formula is C11H8F2OS. The average Bonchev–Trinajstić information content (AvgIpc) is 2.70. The highest BCUT2D eigenvalue weighted by atomic mass is 32.2. The Morgan fingerprint density at radius 2 is 1.87 bits per heavy atom. The predicted octanol–water partition coefficient (Wildman–Crippen LogP) is 4.26. The van der Waals surface area contributed by atoms with Gasteiger partial charge in [-0.15, -0.1) is 0 Å². The zero-order valence-corrected chi connectivity index (χ0v) is 8.51. The highest BCUT2D eigenvalue weighted by molar-refractivity contribution is 7.99. The standard InChI is InChI=1S/C11H8F2OS/c12-11(13)15-10-6-2-1-4-8(10)9-5-3-7-14-9/h1-7,11H. The summed E-state index contributed by atoms with van der Waals surface area (Å²) in [6.45, 7) is 0. The lowest BCUT2D eigenvalue weighted by atomic mass is 10.2. The zero-order valence-electron chi connectivity index (χ0n) is 7.69. The van der Waals surface area contributed by atoms with E-state index in [4.69, 9.17) is 4.42 Å². The van der Waals surface area contributed by atoms with Gasteiger partial charge in [0, 0.05) is 10.5 Å². The molecule has 0 fully saturated rings. The third kappa shape index (κ3) is 2.39. The van der Waals surface area contributed by atoms with Gasteiger partial charge in [0.1, 0.15) is 5.76 Å². The van der Waals surface area contributed by atoms with Gasteiger partial charge in [-0.3, -0.25) is 0 Å². The van der Waals surface area contributed by atoms with E-state index in [0.717, 1.165) is 0 Å². The maximum Gasteiger partial charge on any atom is 0.288 e. The molecule has 0 atom stereocenters. The Hall–Kier alpha value is -1.29. The Morgan fingerprint density at radius 3 is 2.53 bits per heavy atom. The maximum absolute atomic E-state index is 12.3. The largest absolute Gasteiger partial charge is 0.464 e. The number of furan rings is 1. The van der Waals surface area contributed by atoms with Gasteiger partial charge in [0.15, 0.2) is 0 Å². The lowest BCUT2D eigenvalue weighted by Crippen LogP contribution is -1.84. The molecule has 1 aromatic heterocycles. The van der Waals surface area contributed by atoms with E-state index in [1.807, 2.05) is 0 Å². The smallest absolute Gasteiger partial charge is 0.288 e. The first kappa shape index (κ1) is 10.2. The fourth-order valence-electron chi connectivity index (χ4n) is 1.30. The topological polar surface area (TPSA) is 13.1 Å². The van der Waals surface area contributed by atoms with E-state index in [-0.39, 0.29) is 0 Å². The first-order valence-corrected chi connectivity index (χ1v) is 5.23. The molecule has 0 spiro atoms. The van der Waals surface area contributed by atoms with Crippen LogP contribution in [0, 0.1) is 0 Å². The number of hydrogen-bond donors (Lipinski definition) is 0. The SMILES string of the molecule is FC(F)Sc1ccccc1-c1ccco1. The number of hydrogen-bond acceptors (Lipinski definition) is 2. The van der Waals surface area contributed by atoms with Gasteiger partial charge < -0.3 is 4.42 Å². The monoisotopic (exact) mass is 226 g/mol. The highest BCUT2D eigenvalue weighted by Gasteiger charge is 2.11. The fraction of sp³-hybridized carbons (Fsp3) is 0.0909. The summed E-state index contributed by atoms with van der Waals surface area (Å²) in [5.41, 5.74) is 0.702. The fourth-order valence-corrected chi connectivity index (χ4v) is 1.95. The molecule has 4 heteroatoms. The van der Waals surface area contributed by atoms with Gasteiger partial charge >= 0.3 is 0 Å². The molecule has 2 rings (SSSR count). The molecule has 0 N–H and O–H groups in total. The van der Waals surface area contributed by atoms with Crippen molar-refractivity contribution >= 4 is 11.8 Å². The number of alkyl halides is 2. The van der Waals surface area contributed by atoms with Crippen LogP contribution in [0.15, 0.2) is 52.0 Å². The lowest BCUT2D eigenvalue weighted by Gasteiger charge is -2.05. The Morgan fingerprint density at radius 1 is 1.07 bits per heavy atom. The molecule has 0 aliphatic heterocycles. The van der Waals surface area contributed by atoms with E-state index >= 15 is 0 Å². The van der Waals surface area contributed by atoms with Gasteiger partial charge in [-0.25, -0.2) is 0 Å². The molecule has 1 aromatic carbocycles. The molecule has 0 saturated carbocycles. The van der Waals surface area contributed by atoms with Gasteiger partial charge in [0.25, 0.3) is 5.76 Å². The van der Waals surface area contributed by atoms with Crippen LogP contribution in [0.4, 0.5) is 8.78 Å². The summed E-state index contributed by atoms with van der Waals surface area (Å²) in [4.78, 5) is 0.530. The van der Waals surface area contributed by atoms with Crippen LogP contribution < -0.4 is 0 Å². The maximum atomic E-state index is 12.3.